The second-order valence-electron chi connectivity index (χ2n) is 9.55. The Morgan fingerprint density at radius 1 is 1.20 bits per heavy atom. The maximum absolute atomic E-state index is 12.9. The Morgan fingerprint density at radius 2 is 1.94 bits per heavy atom. The molecule has 1 saturated carbocycles. The number of nitrogens with one attached hydrogen (secondary N) is 1. The van der Waals surface area contributed by atoms with E-state index in [1.165, 1.54) is 12.8 Å². The summed E-state index contributed by atoms with van der Waals surface area (Å²) in [5.74, 6) is 1.84. The molecule has 1 aliphatic carbocycles. The third-order valence-electron chi connectivity index (χ3n) is 7.22. The topological polar surface area (TPSA) is 76.9 Å². The average Bonchev–Trinajstić information content (AvgIpc) is 3.38. The number of rotatable bonds is 10. The van der Waals surface area contributed by atoms with Crippen molar-refractivity contribution in [2.45, 2.75) is 83.1 Å². The number of hydrogen-bond acceptors (Lipinski definition) is 5. The first-order valence-electron chi connectivity index (χ1n) is 12.7. The van der Waals surface area contributed by atoms with Gasteiger partial charge in [-0.1, -0.05) is 51.1 Å². The van der Waals surface area contributed by atoms with Crippen molar-refractivity contribution < 1.29 is 4.21 Å². The minimum absolute atomic E-state index is 0.118. The van der Waals surface area contributed by atoms with E-state index in [4.69, 9.17) is 16.6 Å². The molecule has 1 aliphatic rings. The van der Waals surface area contributed by atoms with Crippen molar-refractivity contribution in [2.24, 2.45) is 5.92 Å². The molecule has 1 N–H and O–H groups in total. The van der Waals surface area contributed by atoms with E-state index in [1.807, 2.05) is 25.1 Å². The second kappa shape index (κ2) is 11.7. The van der Waals surface area contributed by atoms with Crippen LogP contribution in [0.2, 0.25) is 5.02 Å². The van der Waals surface area contributed by atoms with Gasteiger partial charge in [0.2, 0.25) is 5.95 Å². The quantitative estimate of drug-likeness (QED) is 0.317. The van der Waals surface area contributed by atoms with E-state index in [9.17, 15) is 9.00 Å². The Labute approximate surface area is 215 Å². The molecule has 0 saturated heterocycles. The Bertz CT molecular complexity index is 1270. The highest BCUT2D eigenvalue weighted by Crippen LogP contribution is 2.31. The molecule has 35 heavy (non-hydrogen) atoms. The minimum atomic E-state index is -1.01. The van der Waals surface area contributed by atoms with Crippen molar-refractivity contribution in [2.75, 3.05) is 11.1 Å². The van der Waals surface area contributed by atoms with Gasteiger partial charge in [-0.15, -0.1) is 0 Å². The molecule has 1 aromatic carbocycles. The Kier molecular flexibility index (Phi) is 8.60. The number of anilines is 2. The highest BCUT2D eigenvalue weighted by molar-refractivity contribution is 7.85. The summed E-state index contributed by atoms with van der Waals surface area (Å²) < 4.78 is 14.6. The number of halogens is 1. The summed E-state index contributed by atoms with van der Waals surface area (Å²) >= 11 is 6.23. The highest BCUT2D eigenvalue weighted by atomic mass is 35.5. The lowest BCUT2D eigenvalue weighted by molar-refractivity contribution is 0.451. The summed E-state index contributed by atoms with van der Waals surface area (Å²) in [4.78, 5) is 22.9. The van der Waals surface area contributed by atoms with Crippen LogP contribution >= 0.6 is 11.6 Å². The van der Waals surface area contributed by atoms with Crippen LogP contribution in [0.3, 0.4) is 0 Å². The first-order valence-corrected chi connectivity index (χ1v) is 14.4. The third kappa shape index (κ3) is 5.95. The lowest BCUT2D eigenvalue weighted by Gasteiger charge is -2.17. The van der Waals surface area contributed by atoms with Gasteiger partial charge >= 0.3 is 0 Å². The lowest BCUT2D eigenvalue weighted by atomic mass is 9.98. The van der Waals surface area contributed by atoms with Crippen molar-refractivity contribution in [1.29, 1.82) is 0 Å². The van der Waals surface area contributed by atoms with Gasteiger partial charge in [-0.2, -0.15) is 4.98 Å². The summed E-state index contributed by atoms with van der Waals surface area (Å²) in [5.41, 5.74) is 2.24. The van der Waals surface area contributed by atoms with E-state index in [0.29, 0.717) is 17.3 Å². The zero-order chi connectivity index (χ0) is 24.9. The molecule has 188 valence electrons. The zero-order valence-electron chi connectivity index (χ0n) is 20.8. The van der Waals surface area contributed by atoms with Crippen LogP contribution in [0.4, 0.5) is 11.6 Å². The molecule has 6 nitrogen and oxygen atoms in total. The lowest BCUT2D eigenvalue weighted by Crippen LogP contribution is -2.25. The van der Waals surface area contributed by atoms with Crippen LogP contribution in [0.5, 0.6) is 0 Å². The van der Waals surface area contributed by atoms with Gasteiger partial charge in [-0.05, 0) is 68.4 Å². The van der Waals surface area contributed by atoms with Crippen molar-refractivity contribution in [3.05, 3.63) is 51.4 Å². The molecule has 2 heterocycles. The Balaban J connectivity index is 1.53. The maximum Gasteiger partial charge on any atom is 0.271 e. The van der Waals surface area contributed by atoms with Crippen LogP contribution in [0.15, 0.2) is 40.2 Å². The number of benzene rings is 1. The monoisotopic (exact) mass is 514 g/mol. The van der Waals surface area contributed by atoms with E-state index >= 15 is 0 Å². The van der Waals surface area contributed by atoms with Crippen LogP contribution < -0.4 is 10.9 Å². The zero-order valence-corrected chi connectivity index (χ0v) is 22.4. The molecule has 4 rings (SSSR count). The molecule has 1 atom stereocenters. The van der Waals surface area contributed by atoms with Crippen LogP contribution in [0, 0.1) is 12.8 Å². The van der Waals surface area contributed by atoms with Gasteiger partial charge in [0.05, 0.1) is 10.8 Å². The van der Waals surface area contributed by atoms with E-state index in [-0.39, 0.29) is 16.6 Å². The molecule has 3 aromatic rings. The van der Waals surface area contributed by atoms with Crippen LogP contribution in [-0.2, 0) is 10.8 Å². The largest absolute Gasteiger partial charge is 0.324 e. The molecule has 0 spiro atoms. The van der Waals surface area contributed by atoms with Gasteiger partial charge < -0.3 is 5.32 Å². The fourth-order valence-electron chi connectivity index (χ4n) is 5.00. The molecule has 0 bridgehead atoms. The van der Waals surface area contributed by atoms with Gasteiger partial charge in [0.25, 0.3) is 5.56 Å². The van der Waals surface area contributed by atoms with E-state index in [2.05, 4.69) is 24.1 Å². The van der Waals surface area contributed by atoms with Gasteiger partial charge in [0.15, 0.2) is 0 Å². The number of nitrogens with zero attached hydrogens (tertiary/aromatic N) is 3. The fourth-order valence-corrected chi connectivity index (χ4v) is 6.41. The van der Waals surface area contributed by atoms with E-state index in [0.717, 1.165) is 66.0 Å². The fraction of sp³-hybridized carbons (Fsp3) is 0.519. The highest BCUT2D eigenvalue weighted by Gasteiger charge is 2.22. The van der Waals surface area contributed by atoms with Gasteiger partial charge in [-0.25, -0.2) is 4.98 Å². The van der Waals surface area contributed by atoms with Gasteiger partial charge in [0, 0.05) is 34.0 Å². The predicted octanol–water partition coefficient (Wildman–Crippen LogP) is 6.94. The van der Waals surface area contributed by atoms with Crippen LogP contribution in [-0.4, -0.2) is 24.5 Å². The van der Waals surface area contributed by atoms with Crippen molar-refractivity contribution in [3.8, 4) is 0 Å². The molecule has 8 heteroatoms. The van der Waals surface area contributed by atoms with Crippen molar-refractivity contribution in [1.82, 2.24) is 14.5 Å². The van der Waals surface area contributed by atoms with E-state index < -0.39 is 10.8 Å². The molecule has 0 aliphatic heterocycles. The molecule has 0 amide bonds. The predicted molar refractivity (Wildman–Crippen MR) is 145 cm³/mol. The average molecular weight is 515 g/mol. The number of fused-ring (bicyclic) bond motifs is 1. The number of aromatic nitrogens is 3. The summed E-state index contributed by atoms with van der Waals surface area (Å²) in [7, 11) is -1.01. The summed E-state index contributed by atoms with van der Waals surface area (Å²) in [5, 5.41) is 4.24. The number of pyridine rings is 1. The second-order valence-corrected chi connectivity index (χ2v) is 11.5. The maximum atomic E-state index is 12.9. The van der Waals surface area contributed by atoms with Crippen LogP contribution in [0.25, 0.3) is 11.0 Å². The van der Waals surface area contributed by atoms with Gasteiger partial charge in [0.1, 0.15) is 10.7 Å². The number of hydrogen-bond donors (Lipinski definition) is 1. The molecular formula is C27H35ClN4O2S. The number of aryl methyl sites for hydroxylation is 1. The summed E-state index contributed by atoms with van der Waals surface area (Å²) in [6, 6.07) is 7.59. The third-order valence-corrected chi connectivity index (χ3v) is 8.93. The molecule has 2 aromatic heterocycles. The Morgan fingerprint density at radius 3 is 2.63 bits per heavy atom. The molecule has 1 unspecified atom stereocenters. The SMILES string of the molecule is CCC(CC)CCCS(=O)c1ccc(Nc2ncc3cc(Cl)c(=O)n(C4CCCC4)c3n2)c(C)c1. The first-order chi connectivity index (χ1) is 16.9. The standard InChI is InChI=1S/C27H35ClN4O2S/c1-4-19(5-2)9-8-14-35(34)22-12-13-24(18(3)15-22)30-27-29-17-20-16-23(28)26(33)32(25(20)31-27)21-10-6-7-11-21/h12-13,15-17,19,21H,4-11,14H2,1-3H3,(H,29,30,31). The molecule has 0 radical (unpaired) electrons. The summed E-state index contributed by atoms with van der Waals surface area (Å²) in [6.45, 7) is 6.44. The van der Waals surface area contributed by atoms with Crippen LogP contribution in [0.1, 0.15) is 76.8 Å². The van der Waals surface area contributed by atoms with Gasteiger partial charge in [-0.3, -0.25) is 13.6 Å². The normalized spacial score (nSPS) is 15.2. The summed E-state index contributed by atoms with van der Waals surface area (Å²) in [6.07, 6.45) is 10.3. The smallest absolute Gasteiger partial charge is 0.271 e. The molecular weight excluding hydrogens is 480 g/mol. The molecule has 1 fully saturated rings. The van der Waals surface area contributed by atoms with Crippen molar-refractivity contribution in [3.63, 3.8) is 0 Å². The minimum Gasteiger partial charge on any atom is -0.324 e. The first kappa shape index (κ1) is 25.8. The van der Waals surface area contributed by atoms with E-state index in [1.54, 1.807) is 16.8 Å². The van der Waals surface area contributed by atoms with Crippen molar-refractivity contribution >= 4 is 45.1 Å². The Hall–Kier alpha value is -2.25.